The predicted molar refractivity (Wildman–Crippen MR) is 70.8 cm³/mol. The van der Waals surface area contributed by atoms with Gasteiger partial charge in [-0.15, -0.1) is 22.2 Å². The average Bonchev–Trinajstić information content (AvgIpc) is 2.74. The van der Waals surface area contributed by atoms with E-state index in [-0.39, 0.29) is 11.1 Å². The highest BCUT2D eigenvalue weighted by Crippen LogP contribution is 2.47. The topological polar surface area (TPSA) is 0 Å². The molecule has 0 nitrogen and oxygen atoms in total. The molecule has 2 unspecified atom stereocenters. The first-order valence-electron chi connectivity index (χ1n) is 5.11. The summed E-state index contributed by atoms with van der Waals surface area (Å²) in [5.41, 5.74) is 3.02. The lowest BCUT2D eigenvalue weighted by Gasteiger charge is -2.25. The van der Waals surface area contributed by atoms with Gasteiger partial charge in [-0.05, 0) is 13.8 Å². The van der Waals surface area contributed by atoms with Crippen LogP contribution in [0.2, 0.25) is 11.1 Å². The lowest BCUT2D eigenvalue weighted by Crippen LogP contribution is -2.28. The third-order valence-corrected chi connectivity index (χ3v) is 8.43. The summed E-state index contributed by atoms with van der Waals surface area (Å²) < 4.78 is 0. The second-order valence-corrected chi connectivity index (χ2v) is 11.3. The zero-order valence-corrected chi connectivity index (χ0v) is 11.4. The first kappa shape index (κ1) is 11.2. The molecule has 3 heteroatoms. The second-order valence-electron chi connectivity index (χ2n) is 4.27. The van der Waals surface area contributed by atoms with Crippen LogP contribution in [0.25, 0.3) is 0 Å². The van der Waals surface area contributed by atoms with Gasteiger partial charge in [0.2, 0.25) is 0 Å². The minimum absolute atomic E-state index is 0.248. The summed E-state index contributed by atoms with van der Waals surface area (Å²) >= 11 is 13.2. The highest BCUT2D eigenvalue weighted by atomic mass is 35.7. The summed E-state index contributed by atoms with van der Waals surface area (Å²) in [7, 11) is 0. The molecule has 0 aromatic heterocycles. The van der Waals surface area contributed by atoms with E-state index < -0.39 is 6.69 Å². The second kappa shape index (κ2) is 3.97. The van der Waals surface area contributed by atoms with Gasteiger partial charge in [-0.2, -0.15) is 0 Å². The van der Waals surface area contributed by atoms with Crippen molar-refractivity contribution in [3.63, 3.8) is 0 Å². The molecule has 2 aliphatic carbocycles. The molecular weight excluding hydrogens is 243 g/mol. The number of allylic oxidation sites excluding steroid dienone is 8. The molecule has 0 aromatic rings. The molecule has 0 radical (unpaired) electrons. The van der Waals surface area contributed by atoms with Crippen molar-refractivity contribution < 1.29 is 0 Å². The smallest absolute Gasteiger partial charge is 0.144 e. The molecule has 0 spiro atoms. The summed E-state index contributed by atoms with van der Waals surface area (Å²) in [6.07, 6.45) is 12.8. The molecule has 15 heavy (non-hydrogen) atoms. The molecule has 2 rings (SSSR count). The van der Waals surface area contributed by atoms with Crippen LogP contribution in [0.3, 0.4) is 0 Å². The predicted octanol–water partition coefficient (Wildman–Crippen LogP) is 4.68. The maximum Gasteiger partial charge on any atom is 0.271 e. The number of hydrogen-bond acceptors (Lipinski definition) is 0. The Labute approximate surface area is 101 Å². The Hall–Kier alpha value is -0.243. The Kier molecular flexibility index (Phi) is 2.97. The first-order chi connectivity index (χ1) is 7.00. The van der Waals surface area contributed by atoms with Crippen LogP contribution in [0, 0.1) is 0 Å². The van der Waals surface area contributed by atoms with Gasteiger partial charge in [0.1, 0.15) is 0 Å². The summed E-state index contributed by atoms with van der Waals surface area (Å²) in [6.45, 7) is 1.86. The quantitative estimate of drug-likeness (QED) is 0.497. The van der Waals surface area contributed by atoms with Crippen LogP contribution in [0.15, 0.2) is 47.6 Å². The van der Waals surface area contributed by atoms with E-state index in [0.717, 1.165) is 0 Å². The van der Waals surface area contributed by atoms with Crippen LogP contribution < -0.4 is 0 Å². The molecule has 2 atom stereocenters. The largest absolute Gasteiger partial charge is 0.271 e. The highest BCUT2D eigenvalue weighted by molar-refractivity contribution is 7.47. The summed E-state index contributed by atoms with van der Waals surface area (Å²) in [5, 5.41) is 0. The van der Waals surface area contributed by atoms with Crippen LogP contribution in [-0.4, -0.2) is 6.69 Å². The van der Waals surface area contributed by atoms with E-state index in [1.807, 2.05) is 0 Å². The van der Waals surface area contributed by atoms with Crippen molar-refractivity contribution in [2.24, 2.45) is 0 Å². The molecule has 0 saturated carbocycles. The van der Waals surface area contributed by atoms with Crippen LogP contribution in [0.1, 0.15) is 13.8 Å². The van der Waals surface area contributed by atoms with Crippen molar-refractivity contribution in [2.75, 3.05) is 0 Å². The van der Waals surface area contributed by atoms with Crippen molar-refractivity contribution in [1.82, 2.24) is 0 Å². The van der Waals surface area contributed by atoms with Gasteiger partial charge in [0, 0.05) is 11.1 Å². The van der Waals surface area contributed by atoms with Gasteiger partial charge >= 0.3 is 0 Å². The molecule has 0 aromatic carbocycles. The van der Waals surface area contributed by atoms with E-state index >= 15 is 0 Å². The van der Waals surface area contributed by atoms with Crippen LogP contribution in [-0.2, 0) is 0 Å². The Bertz CT molecular complexity index is 352. The SMILES string of the molecule is CC1=CC([Si](Cl)(Cl)C2C=CC(C)=C2)C=C1. The van der Waals surface area contributed by atoms with E-state index in [1.165, 1.54) is 11.1 Å². The summed E-state index contributed by atoms with van der Waals surface area (Å²) in [5.74, 6) is 0. The number of rotatable bonds is 2. The minimum Gasteiger partial charge on any atom is -0.144 e. The molecule has 0 fully saturated rings. The van der Waals surface area contributed by atoms with Crippen molar-refractivity contribution in [3.8, 4) is 0 Å². The zero-order chi connectivity index (χ0) is 11.1. The average molecular weight is 257 g/mol. The standard InChI is InChI=1S/C12H14Cl2Si/c1-9-3-5-11(7-9)15(13,14)12-6-4-10(2)8-12/h3-8,11-12H,1-2H3. The van der Waals surface area contributed by atoms with E-state index in [0.29, 0.717) is 0 Å². The van der Waals surface area contributed by atoms with Gasteiger partial charge in [-0.1, -0.05) is 47.6 Å². The van der Waals surface area contributed by atoms with E-state index in [1.54, 1.807) is 0 Å². The molecule has 0 bridgehead atoms. The molecule has 0 N–H and O–H groups in total. The Morgan fingerprint density at radius 1 is 0.933 bits per heavy atom. The number of hydrogen-bond donors (Lipinski definition) is 0. The third-order valence-electron chi connectivity index (χ3n) is 2.91. The van der Waals surface area contributed by atoms with Gasteiger partial charge in [0.05, 0.1) is 0 Å². The zero-order valence-electron chi connectivity index (χ0n) is 8.87. The lowest BCUT2D eigenvalue weighted by molar-refractivity contribution is 1.24. The van der Waals surface area contributed by atoms with Crippen molar-refractivity contribution >= 4 is 28.9 Å². The monoisotopic (exact) mass is 256 g/mol. The minimum atomic E-state index is -2.30. The van der Waals surface area contributed by atoms with Gasteiger partial charge < -0.3 is 0 Å². The van der Waals surface area contributed by atoms with Gasteiger partial charge in [0.15, 0.2) is 0 Å². The van der Waals surface area contributed by atoms with Crippen molar-refractivity contribution in [1.29, 1.82) is 0 Å². The Morgan fingerprint density at radius 2 is 1.33 bits per heavy atom. The molecule has 0 aliphatic heterocycles. The van der Waals surface area contributed by atoms with E-state index in [9.17, 15) is 0 Å². The fraction of sp³-hybridized carbons (Fsp3) is 0.333. The highest BCUT2D eigenvalue weighted by Gasteiger charge is 2.43. The summed E-state index contributed by atoms with van der Waals surface area (Å²) in [6, 6.07) is 0. The maximum absolute atomic E-state index is 6.59. The summed E-state index contributed by atoms with van der Waals surface area (Å²) in [4.78, 5) is 0. The van der Waals surface area contributed by atoms with Gasteiger partial charge in [0.25, 0.3) is 6.69 Å². The normalized spacial score (nSPS) is 29.6. The lowest BCUT2D eigenvalue weighted by atomic mass is 10.3. The van der Waals surface area contributed by atoms with Gasteiger partial charge in [-0.3, -0.25) is 0 Å². The van der Waals surface area contributed by atoms with Crippen LogP contribution in [0.4, 0.5) is 0 Å². The molecule has 2 aliphatic rings. The molecule has 0 amide bonds. The third kappa shape index (κ3) is 2.15. The Balaban J connectivity index is 2.21. The van der Waals surface area contributed by atoms with Crippen LogP contribution in [0.5, 0.6) is 0 Å². The van der Waals surface area contributed by atoms with Gasteiger partial charge in [-0.25, -0.2) is 0 Å². The van der Waals surface area contributed by atoms with Crippen LogP contribution >= 0.6 is 22.2 Å². The molecule has 80 valence electrons. The molecular formula is C12H14Cl2Si. The van der Waals surface area contributed by atoms with Crippen molar-refractivity contribution in [2.45, 2.75) is 24.9 Å². The Morgan fingerprint density at radius 3 is 1.60 bits per heavy atom. The number of halogens is 2. The van der Waals surface area contributed by atoms with E-state index in [4.69, 9.17) is 22.2 Å². The maximum atomic E-state index is 6.59. The fourth-order valence-corrected chi connectivity index (χ4v) is 5.75. The fourth-order valence-electron chi connectivity index (χ4n) is 2.00. The molecule has 0 heterocycles. The van der Waals surface area contributed by atoms with E-state index in [2.05, 4.69) is 50.3 Å². The first-order valence-corrected chi connectivity index (χ1v) is 9.29. The molecule has 0 saturated heterocycles. The van der Waals surface area contributed by atoms with Crippen molar-refractivity contribution in [3.05, 3.63) is 47.6 Å².